The third kappa shape index (κ3) is 5.82. The van der Waals surface area contributed by atoms with Crippen LogP contribution in [-0.2, 0) is 4.79 Å². The van der Waals surface area contributed by atoms with Crippen LogP contribution in [0.15, 0.2) is 54.6 Å². The number of carbonyl (C=O) groups is 1. The van der Waals surface area contributed by atoms with Gasteiger partial charge in [-0.2, -0.15) is 0 Å². The van der Waals surface area contributed by atoms with Crippen molar-refractivity contribution in [3.05, 3.63) is 66.0 Å². The maximum Gasteiger partial charge on any atom is 0.244 e. The highest BCUT2D eigenvalue weighted by atomic mass is 19.1. The standard InChI is InChI=1S/C18H18FNO3/c1-22-16-6-8-17(9-7-16)23-12-11-20-18(21)10-5-14-3-2-4-15(19)13-14/h2-10,13H,11-12H2,1H3,(H,20,21)/b10-5+. The molecule has 2 aromatic carbocycles. The monoisotopic (exact) mass is 315 g/mol. The molecule has 0 aliphatic carbocycles. The predicted molar refractivity (Wildman–Crippen MR) is 86.9 cm³/mol. The van der Waals surface area contributed by atoms with E-state index in [0.29, 0.717) is 24.5 Å². The first-order valence-corrected chi connectivity index (χ1v) is 7.16. The summed E-state index contributed by atoms with van der Waals surface area (Å²) >= 11 is 0. The summed E-state index contributed by atoms with van der Waals surface area (Å²) < 4.78 is 23.5. The Kier molecular flexibility index (Phi) is 6.17. The van der Waals surface area contributed by atoms with Crippen LogP contribution in [0, 0.1) is 5.82 Å². The van der Waals surface area contributed by atoms with Crippen molar-refractivity contribution in [3.8, 4) is 11.5 Å². The average molecular weight is 315 g/mol. The van der Waals surface area contributed by atoms with Gasteiger partial charge in [-0.3, -0.25) is 4.79 Å². The molecule has 23 heavy (non-hydrogen) atoms. The number of methoxy groups -OCH3 is 1. The molecule has 120 valence electrons. The second-order valence-electron chi connectivity index (χ2n) is 4.70. The molecule has 0 aliphatic heterocycles. The summed E-state index contributed by atoms with van der Waals surface area (Å²) in [7, 11) is 1.60. The summed E-state index contributed by atoms with van der Waals surface area (Å²) in [6.45, 7) is 0.726. The molecule has 0 spiro atoms. The summed E-state index contributed by atoms with van der Waals surface area (Å²) in [5.74, 6) is 0.872. The first-order valence-electron chi connectivity index (χ1n) is 7.16. The summed E-state index contributed by atoms with van der Waals surface area (Å²) in [6, 6.07) is 13.2. The van der Waals surface area contributed by atoms with Gasteiger partial charge in [0.15, 0.2) is 0 Å². The van der Waals surface area contributed by atoms with E-state index in [-0.39, 0.29) is 11.7 Å². The van der Waals surface area contributed by atoms with Gasteiger partial charge < -0.3 is 14.8 Å². The number of ether oxygens (including phenoxy) is 2. The quantitative estimate of drug-likeness (QED) is 0.631. The van der Waals surface area contributed by atoms with Gasteiger partial charge in [0.25, 0.3) is 0 Å². The molecular weight excluding hydrogens is 297 g/mol. The van der Waals surface area contributed by atoms with Crippen LogP contribution in [-0.4, -0.2) is 26.2 Å². The van der Waals surface area contributed by atoms with Crippen LogP contribution in [0.4, 0.5) is 4.39 Å². The molecule has 1 amide bonds. The highest BCUT2D eigenvalue weighted by Crippen LogP contribution is 2.16. The molecule has 0 aromatic heterocycles. The molecule has 0 bridgehead atoms. The molecule has 2 rings (SSSR count). The number of rotatable bonds is 7. The maximum atomic E-state index is 13.0. The van der Waals surface area contributed by atoms with Crippen LogP contribution >= 0.6 is 0 Å². The topological polar surface area (TPSA) is 47.6 Å². The van der Waals surface area contributed by atoms with Crippen LogP contribution in [0.5, 0.6) is 11.5 Å². The van der Waals surface area contributed by atoms with Crippen molar-refractivity contribution in [2.45, 2.75) is 0 Å². The number of halogens is 1. The van der Waals surface area contributed by atoms with Crippen molar-refractivity contribution in [2.24, 2.45) is 0 Å². The molecule has 0 saturated carbocycles. The fraction of sp³-hybridized carbons (Fsp3) is 0.167. The molecule has 0 fully saturated rings. The molecule has 5 heteroatoms. The van der Waals surface area contributed by atoms with Crippen molar-refractivity contribution in [1.82, 2.24) is 5.32 Å². The highest BCUT2D eigenvalue weighted by molar-refractivity contribution is 5.91. The maximum absolute atomic E-state index is 13.0. The van der Waals surface area contributed by atoms with Gasteiger partial charge in [0.05, 0.1) is 13.7 Å². The Morgan fingerprint density at radius 1 is 1.17 bits per heavy atom. The van der Waals surface area contributed by atoms with Gasteiger partial charge in [-0.25, -0.2) is 4.39 Å². The van der Waals surface area contributed by atoms with Crippen LogP contribution in [0.25, 0.3) is 6.08 Å². The van der Waals surface area contributed by atoms with Crippen molar-refractivity contribution < 1.29 is 18.7 Å². The Balaban J connectivity index is 1.70. The molecule has 0 atom stereocenters. The Morgan fingerprint density at radius 3 is 2.61 bits per heavy atom. The molecule has 1 N–H and O–H groups in total. The summed E-state index contributed by atoms with van der Waals surface area (Å²) in [6.07, 6.45) is 2.92. The van der Waals surface area contributed by atoms with E-state index in [1.807, 2.05) is 0 Å². The van der Waals surface area contributed by atoms with Crippen molar-refractivity contribution in [1.29, 1.82) is 0 Å². The molecule has 0 radical (unpaired) electrons. The van der Waals surface area contributed by atoms with Gasteiger partial charge in [-0.15, -0.1) is 0 Å². The lowest BCUT2D eigenvalue weighted by Crippen LogP contribution is -2.26. The molecular formula is C18H18FNO3. The van der Waals surface area contributed by atoms with Crippen molar-refractivity contribution >= 4 is 12.0 Å². The average Bonchev–Trinajstić information content (AvgIpc) is 2.57. The van der Waals surface area contributed by atoms with Crippen LogP contribution in [0.1, 0.15) is 5.56 Å². The van der Waals surface area contributed by atoms with Gasteiger partial charge >= 0.3 is 0 Å². The van der Waals surface area contributed by atoms with E-state index in [1.165, 1.54) is 18.2 Å². The van der Waals surface area contributed by atoms with Gasteiger partial charge in [0.2, 0.25) is 5.91 Å². The zero-order valence-corrected chi connectivity index (χ0v) is 12.8. The number of hydrogen-bond donors (Lipinski definition) is 1. The largest absolute Gasteiger partial charge is 0.497 e. The molecule has 0 aliphatic rings. The minimum absolute atomic E-state index is 0.257. The molecule has 0 unspecified atom stereocenters. The molecule has 2 aromatic rings. The zero-order chi connectivity index (χ0) is 16.5. The van der Waals surface area contributed by atoms with E-state index in [1.54, 1.807) is 49.6 Å². The molecule has 4 nitrogen and oxygen atoms in total. The van der Waals surface area contributed by atoms with Gasteiger partial charge in [-0.05, 0) is 48.0 Å². The Labute approximate surface area is 134 Å². The van der Waals surface area contributed by atoms with E-state index in [4.69, 9.17) is 9.47 Å². The van der Waals surface area contributed by atoms with Crippen LogP contribution in [0.3, 0.4) is 0 Å². The van der Waals surface area contributed by atoms with E-state index >= 15 is 0 Å². The Bertz CT molecular complexity index is 668. The number of amides is 1. The van der Waals surface area contributed by atoms with Gasteiger partial charge in [-0.1, -0.05) is 12.1 Å². The van der Waals surface area contributed by atoms with Crippen LogP contribution in [0.2, 0.25) is 0 Å². The second kappa shape index (κ2) is 8.58. The number of nitrogens with one attached hydrogen (secondary N) is 1. The fourth-order valence-electron chi connectivity index (χ4n) is 1.86. The summed E-state index contributed by atoms with van der Waals surface area (Å²) in [5, 5.41) is 2.69. The lowest BCUT2D eigenvalue weighted by molar-refractivity contribution is -0.116. The SMILES string of the molecule is COc1ccc(OCCNC(=O)/C=C/c2cccc(F)c2)cc1. The Morgan fingerprint density at radius 2 is 1.91 bits per heavy atom. The minimum Gasteiger partial charge on any atom is -0.497 e. The number of benzene rings is 2. The normalized spacial score (nSPS) is 10.5. The predicted octanol–water partition coefficient (Wildman–Crippen LogP) is 3.04. The lowest BCUT2D eigenvalue weighted by Gasteiger charge is -2.07. The van der Waals surface area contributed by atoms with E-state index < -0.39 is 0 Å². The van der Waals surface area contributed by atoms with Gasteiger partial charge in [0.1, 0.15) is 23.9 Å². The highest BCUT2D eigenvalue weighted by Gasteiger charge is 1.98. The van der Waals surface area contributed by atoms with E-state index in [2.05, 4.69) is 5.32 Å². The van der Waals surface area contributed by atoms with Crippen LogP contribution < -0.4 is 14.8 Å². The second-order valence-corrected chi connectivity index (χ2v) is 4.70. The minimum atomic E-state index is -0.333. The summed E-state index contributed by atoms with van der Waals surface area (Å²) in [4.78, 5) is 11.6. The smallest absolute Gasteiger partial charge is 0.244 e. The van der Waals surface area contributed by atoms with Gasteiger partial charge in [0, 0.05) is 6.08 Å². The molecule has 0 heterocycles. The third-order valence-electron chi connectivity index (χ3n) is 3.01. The number of hydrogen-bond acceptors (Lipinski definition) is 3. The Hall–Kier alpha value is -2.82. The zero-order valence-electron chi connectivity index (χ0n) is 12.8. The third-order valence-corrected chi connectivity index (χ3v) is 3.01. The molecule has 0 saturated heterocycles. The summed E-state index contributed by atoms with van der Waals surface area (Å²) in [5.41, 5.74) is 0.634. The first kappa shape index (κ1) is 16.5. The lowest BCUT2D eigenvalue weighted by atomic mass is 10.2. The first-order chi connectivity index (χ1) is 11.2. The van der Waals surface area contributed by atoms with Crippen molar-refractivity contribution in [2.75, 3.05) is 20.3 Å². The van der Waals surface area contributed by atoms with Crippen molar-refractivity contribution in [3.63, 3.8) is 0 Å². The fourth-order valence-corrected chi connectivity index (χ4v) is 1.86. The van der Waals surface area contributed by atoms with E-state index in [0.717, 1.165) is 5.75 Å². The number of carbonyl (C=O) groups excluding carboxylic acids is 1. The van der Waals surface area contributed by atoms with E-state index in [9.17, 15) is 9.18 Å².